The number of aromatic amines is 2. The fraction of sp³-hybridized carbons (Fsp3) is 0.421. The molecule has 2 aliphatic heterocycles. The third-order valence-electron chi connectivity index (χ3n) is 10.4. The molecular formula is C38H46N8O6. The van der Waals surface area contributed by atoms with Gasteiger partial charge in [-0.2, -0.15) is 0 Å². The van der Waals surface area contributed by atoms with Crippen molar-refractivity contribution in [2.45, 2.75) is 102 Å². The van der Waals surface area contributed by atoms with Crippen molar-refractivity contribution in [2.24, 2.45) is 0 Å². The number of imidazole rings is 2. The molecule has 2 aromatic heterocycles. The summed E-state index contributed by atoms with van der Waals surface area (Å²) >= 11 is 0. The first-order valence-corrected chi connectivity index (χ1v) is 17.9. The molecule has 0 unspecified atom stereocenters. The van der Waals surface area contributed by atoms with Crippen LogP contribution in [-0.2, 0) is 9.59 Å². The topological polar surface area (TPSA) is 197 Å². The minimum atomic E-state index is -1.22. The highest BCUT2D eigenvalue weighted by Gasteiger charge is 2.41. The largest absolute Gasteiger partial charge is 0.465 e. The maximum Gasteiger partial charge on any atom is 0.405 e. The lowest BCUT2D eigenvalue weighted by molar-refractivity contribution is -0.137. The zero-order chi connectivity index (χ0) is 37.1. The first kappa shape index (κ1) is 36.1. The Morgan fingerprint density at radius 2 is 1.00 bits per heavy atom. The van der Waals surface area contributed by atoms with Crippen LogP contribution in [0.1, 0.15) is 90.0 Å². The molecule has 0 spiro atoms. The Bertz CT molecular complexity index is 1770. The van der Waals surface area contributed by atoms with Crippen LogP contribution in [0.25, 0.3) is 33.6 Å². The Morgan fingerprint density at radius 1 is 0.654 bits per heavy atom. The molecule has 0 aliphatic carbocycles. The van der Waals surface area contributed by atoms with Crippen molar-refractivity contribution in [3.63, 3.8) is 0 Å². The summed E-state index contributed by atoms with van der Waals surface area (Å²) in [6.07, 6.45) is 5.06. The Hall–Kier alpha value is -5.66. The summed E-state index contributed by atoms with van der Waals surface area (Å²) in [5.74, 6) is 0.892. The molecule has 0 bridgehead atoms. The van der Waals surface area contributed by atoms with Crippen LogP contribution in [0, 0.1) is 0 Å². The molecule has 6 atom stereocenters. The van der Waals surface area contributed by atoms with E-state index in [1.807, 2.05) is 74.8 Å². The van der Waals surface area contributed by atoms with Crippen LogP contribution in [0.2, 0.25) is 0 Å². The average molecular weight is 711 g/mol. The number of hydrogen-bond acceptors (Lipinski definition) is 6. The number of carboxylic acid groups (broad SMARTS) is 2. The molecule has 52 heavy (non-hydrogen) atoms. The van der Waals surface area contributed by atoms with Gasteiger partial charge in [0, 0.05) is 35.6 Å². The number of amides is 4. The van der Waals surface area contributed by atoms with E-state index in [1.165, 1.54) is 0 Å². The van der Waals surface area contributed by atoms with Gasteiger partial charge in [-0.1, -0.05) is 62.4 Å². The van der Waals surface area contributed by atoms with Gasteiger partial charge in [0.05, 0.1) is 23.5 Å². The normalized spacial score (nSPS) is 21.2. The summed E-state index contributed by atoms with van der Waals surface area (Å²) in [4.78, 5) is 69.0. The van der Waals surface area contributed by atoms with Gasteiger partial charge < -0.3 is 40.6 Å². The number of nitrogens with one attached hydrogen (secondary N) is 4. The van der Waals surface area contributed by atoms with E-state index in [0.717, 1.165) is 59.3 Å². The van der Waals surface area contributed by atoms with Crippen LogP contribution in [0.5, 0.6) is 0 Å². The standard InChI is InChI=1S/C38H46N8O6/c1-5-27(43-37(49)50)35(47)45-21(3)7-17-31(45)33-39-19-29(41-33)25-13-9-23(10-14-25)24-11-15-26(16-12-24)30-20-40-34(42-30)32-18-8-22(4)46(32)36(48)28(6-2)44-38(51)52/h9-16,19-22,27-28,31-32,43-44H,5-8,17-18H2,1-4H3,(H,39,41)(H,40,42)(H,49,50)(H,51,52)/t21-,22-,27-,28-,31-,32-/m0/s1. The summed E-state index contributed by atoms with van der Waals surface area (Å²) in [6.45, 7) is 7.54. The lowest BCUT2D eigenvalue weighted by Gasteiger charge is -2.30. The molecule has 4 aromatic rings. The fourth-order valence-electron chi connectivity index (χ4n) is 7.56. The van der Waals surface area contributed by atoms with Crippen molar-refractivity contribution in [2.75, 3.05) is 0 Å². The number of carbonyl (C=O) groups is 4. The maximum absolute atomic E-state index is 13.3. The molecule has 6 N–H and O–H groups in total. The van der Waals surface area contributed by atoms with E-state index >= 15 is 0 Å². The number of hydrogen-bond donors (Lipinski definition) is 6. The first-order valence-electron chi connectivity index (χ1n) is 17.9. The predicted molar refractivity (Wildman–Crippen MR) is 194 cm³/mol. The zero-order valence-electron chi connectivity index (χ0n) is 29.8. The number of likely N-dealkylation sites (tertiary alicyclic amines) is 2. The molecule has 0 saturated carbocycles. The predicted octanol–water partition coefficient (Wildman–Crippen LogP) is 6.33. The molecule has 2 fully saturated rings. The van der Waals surface area contributed by atoms with Crippen LogP contribution >= 0.6 is 0 Å². The van der Waals surface area contributed by atoms with Crippen molar-refractivity contribution in [3.8, 4) is 33.6 Å². The van der Waals surface area contributed by atoms with Gasteiger partial charge in [-0.3, -0.25) is 9.59 Å². The summed E-state index contributed by atoms with van der Waals surface area (Å²) in [6, 6.07) is 14.0. The number of rotatable bonds is 11. The minimum absolute atomic E-state index is 0.0307. The summed E-state index contributed by atoms with van der Waals surface area (Å²) in [5.41, 5.74) is 5.42. The van der Waals surface area contributed by atoms with Crippen molar-refractivity contribution in [1.82, 2.24) is 40.4 Å². The van der Waals surface area contributed by atoms with Crippen LogP contribution in [0.4, 0.5) is 9.59 Å². The highest BCUT2D eigenvalue weighted by atomic mass is 16.4. The van der Waals surface area contributed by atoms with Gasteiger partial charge in [0.15, 0.2) is 0 Å². The van der Waals surface area contributed by atoms with E-state index in [-0.39, 0.29) is 36.0 Å². The monoisotopic (exact) mass is 710 g/mol. The highest BCUT2D eigenvalue weighted by Crippen LogP contribution is 2.38. The molecule has 2 aromatic carbocycles. The lowest BCUT2D eigenvalue weighted by atomic mass is 10.0. The highest BCUT2D eigenvalue weighted by molar-refractivity contribution is 5.87. The first-order chi connectivity index (χ1) is 25.0. The fourth-order valence-corrected chi connectivity index (χ4v) is 7.56. The number of carbonyl (C=O) groups excluding carboxylic acids is 2. The van der Waals surface area contributed by atoms with Crippen molar-refractivity contribution >= 4 is 24.0 Å². The van der Waals surface area contributed by atoms with Crippen molar-refractivity contribution < 1.29 is 29.4 Å². The van der Waals surface area contributed by atoms with Gasteiger partial charge >= 0.3 is 12.2 Å². The molecule has 2 aliphatic rings. The summed E-state index contributed by atoms with van der Waals surface area (Å²) in [7, 11) is 0. The summed E-state index contributed by atoms with van der Waals surface area (Å²) < 4.78 is 0. The molecular weight excluding hydrogens is 664 g/mol. The smallest absolute Gasteiger partial charge is 0.405 e. The molecule has 6 rings (SSSR count). The average Bonchev–Trinajstić information content (AvgIpc) is 3.96. The molecule has 2 saturated heterocycles. The van der Waals surface area contributed by atoms with Gasteiger partial charge in [-0.15, -0.1) is 0 Å². The van der Waals surface area contributed by atoms with Crippen molar-refractivity contribution in [1.29, 1.82) is 0 Å². The zero-order valence-corrected chi connectivity index (χ0v) is 29.8. The molecule has 0 radical (unpaired) electrons. The molecule has 14 heteroatoms. The Morgan fingerprint density at radius 3 is 1.33 bits per heavy atom. The second-order valence-corrected chi connectivity index (χ2v) is 13.7. The van der Waals surface area contributed by atoms with Crippen molar-refractivity contribution in [3.05, 3.63) is 72.6 Å². The quantitative estimate of drug-likeness (QED) is 0.104. The van der Waals surface area contributed by atoms with Gasteiger partial charge in [0.25, 0.3) is 0 Å². The van der Waals surface area contributed by atoms with E-state index in [9.17, 15) is 29.4 Å². The second kappa shape index (κ2) is 15.3. The Kier molecular flexibility index (Phi) is 10.6. The van der Waals surface area contributed by atoms with Crippen LogP contribution in [0.15, 0.2) is 60.9 Å². The van der Waals surface area contributed by atoms with E-state index in [0.29, 0.717) is 24.5 Å². The van der Waals surface area contributed by atoms with Gasteiger partial charge in [0.2, 0.25) is 11.8 Å². The van der Waals surface area contributed by atoms with Crippen LogP contribution < -0.4 is 10.6 Å². The third-order valence-corrected chi connectivity index (χ3v) is 10.4. The molecule has 14 nitrogen and oxygen atoms in total. The second-order valence-electron chi connectivity index (χ2n) is 13.7. The lowest BCUT2D eigenvalue weighted by Crippen LogP contribution is -2.49. The number of H-pyrrole nitrogens is 2. The van der Waals surface area contributed by atoms with E-state index < -0.39 is 24.3 Å². The van der Waals surface area contributed by atoms with Crippen LogP contribution in [0.3, 0.4) is 0 Å². The van der Waals surface area contributed by atoms with E-state index in [4.69, 9.17) is 9.97 Å². The molecule has 4 amide bonds. The summed E-state index contributed by atoms with van der Waals surface area (Å²) in [5, 5.41) is 23.1. The van der Waals surface area contributed by atoms with Gasteiger partial charge in [-0.25, -0.2) is 19.6 Å². The SMILES string of the molecule is CC[C@H](NC(=O)O)C(=O)N1[C@@H](C)CC[C@H]1c1nc(-c2ccc(-c3ccc(-c4c[nH]c([C@@H]5CC[C@H](C)N5C(=O)[C@H](CC)NC(=O)O)n4)cc3)cc2)c[nH]1. The minimum Gasteiger partial charge on any atom is -0.465 e. The van der Waals surface area contributed by atoms with Gasteiger partial charge in [0.1, 0.15) is 23.7 Å². The Labute approximate surface area is 302 Å². The van der Waals surface area contributed by atoms with E-state index in [1.54, 1.807) is 23.6 Å². The number of nitrogens with zero attached hydrogens (tertiary/aromatic N) is 4. The van der Waals surface area contributed by atoms with Crippen LogP contribution in [-0.4, -0.2) is 88.1 Å². The van der Waals surface area contributed by atoms with Gasteiger partial charge in [-0.05, 0) is 63.5 Å². The molecule has 274 valence electrons. The number of benzene rings is 2. The van der Waals surface area contributed by atoms with E-state index in [2.05, 4.69) is 20.6 Å². The Balaban J connectivity index is 1.13. The third kappa shape index (κ3) is 7.37. The maximum atomic E-state index is 13.3. The molecule has 4 heterocycles. The number of aromatic nitrogens is 4.